The Morgan fingerprint density at radius 3 is 2.79 bits per heavy atom. The zero-order valence-corrected chi connectivity index (χ0v) is 17.8. The van der Waals surface area contributed by atoms with Crippen LogP contribution in [-0.4, -0.2) is 16.8 Å². The molecular weight excluding hydrogens is 408 g/mol. The van der Waals surface area contributed by atoms with Crippen molar-refractivity contribution in [2.24, 2.45) is 0 Å². The van der Waals surface area contributed by atoms with Gasteiger partial charge in [-0.15, -0.1) is 11.8 Å². The van der Waals surface area contributed by atoms with E-state index in [2.05, 4.69) is 10.5 Å². The Labute approximate surface area is 178 Å². The molecule has 1 aromatic heterocycles. The molecule has 0 saturated heterocycles. The number of nitrogens with one attached hydrogen (secondary N) is 1. The summed E-state index contributed by atoms with van der Waals surface area (Å²) in [5.41, 5.74) is 3.45. The lowest BCUT2D eigenvalue weighted by molar-refractivity contribution is 0.0935. The van der Waals surface area contributed by atoms with Crippen LogP contribution in [0.4, 0.5) is 0 Å². The molecule has 7 heteroatoms. The van der Waals surface area contributed by atoms with Gasteiger partial charge < -0.3 is 14.6 Å². The van der Waals surface area contributed by atoms with E-state index < -0.39 is 0 Å². The van der Waals surface area contributed by atoms with Gasteiger partial charge in [0.05, 0.1) is 17.3 Å². The molecule has 2 aromatic carbocycles. The minimum atomic E-state index is -0.106. The van der Waals surface area contributed by atoms with Crippen molar-refractivity contribution in [2.75, 3.05) is 5.75 Å². The molecule has 0 saturated carbocycles. The fraction of sp³-hybridized carbons (Fsp3) is 0.273. The van der Waals surface area contributed by atoms with Gasteiger partial charge in [-0.05, 0) is 68.3 Å². The van der Waals surface area contributed by atoms with Crippen LogP contribution in [0.5, 0.6) is 5.75 Å². The van der Waals surface area contributed by atoms with Crippen molar-refractivity contribution < 1.29 is 14.1 Å². The fourth-order valence-corrected chi connectivity index (χ4v) is 4.61. The number of aryl methyl sites for hydroxylation is 2. The number of halogens is 1. The third-order valence-corrected chi connectivity index (χ3v) is 6.36. The third-order valence-electron chi connectivity index (χ3n) is 5.00. The van der Waals surface area contributed by atoms with E-state index in [1.807, 2.05) is 32.0 Å². The molecule has 1 atom stereocenters. The smallest absolute Gasteiger partial charge is 0.251 e. The molecular formula is C22H21ClN2O3S. The lowest BCUT2D eigenvalue weighted by atomic mass is 10.0. The number of hydrogen-bond donors (Lipinski definition) is 1. The molecule has 1 unspecified atom stereocenters. The summed E-state index contributed by atoms with van der Waals surface area (Å²) in [7, 11) is 0. The Morgan fingerprint density at radius 1 is 1.28 bits per heavy atom. The van der Waals surface area contributed by atoms with E-state index in [-0.39, 0.29) is 11.9 Å². The molecule has 0 aliphatic carbocycles. The van der Waals surface area contributed by atoms with Gasteiger partial charge in [0.1, 0.15) is 18.1 Å². The normalized spacial score (nSPS) is 15.6. The van der Waals surface area contributed by atoms with Crippen molar-refractivity contribution in [3.63, 3.8) is 0 Å². The zero-order valence-electron chi connectivity index (χ0n) is 16.2. The predicted octanol–water partition coefficient (Wildman–Crippen LogP) is 5.49. The Hall–Kier alpha value is -2.44. The van der Waals surface area contributed by atoms with Crippen molar-refractivity contribution >= 4 is 29.3 Å². The van der Waals surface area contributed by atoms with Crippen molar-refractivity contribution in [3.8, 4) is 5.75 Å². The average molecular weight is 429 g/mol. The Balaban J connectivity index is 1.41. The summed E-state index contributed by atoms with van der Waals surface area (Å²) in [6, 6.07) is 13.0. The number of rotatable bonds is 5. The van der Waals surface area contributed by atoms with Crippen LogP contribution in [-0.2, 0) is 6.61 Å². The van der Waals surface area contributed by atoms with Crippen molar-refractivity contribution in [1.82, 2.24) is 10.5 Å². The molecule has 2 heterocycles. The van der Waals surface area contributed by atoms with E-state index in [4.69, 9.17) is 20.9 Å². The molecule has 1 N–H and O–H groups in total. The van der Waals surface area contributed by atoms with Gasteiger partial charge in [-0.2, -0.15) is 0 Å². The molecule has 5 nitrogen and oxygen atoms in total. The molecule has 1 aliphatic heterocycles. The maximum Gasteiger partial charge on any atom is 0.251 e. The quantitative estimate of drug-likeness (QED) is 0.582. The number of benzene rings is 2. The number of aromatic nitrogens is 1. The molecule has 0 radical (unpaired) electrons. The molecule has 0 bridgehead atoms. The second-order valence-corrected chi connectivity index (χ2v) is 8.53. The Kier molecular flexibility index (Phi) is 5.83. The van der Waals surface area contributed by atoms with E-state index in [0.29, 0.717) is 22.9 Å². The van der Waals surface area contributed by atoms with Gasteiger partial charge in [0.25, 0.3) is 5.91 Å². The highest BCUT2D eigenvalue weighted by Gasteiger charge is 2.23. The predicted molar refractivity (Wildman–Crippen MR) is 114 cm³/mol. The van der Waals surface area contributed by atoms with E-state index in [0.717, 1.165) is 34.8 Å². The number of nitrogens with zero attached hydrogens (tertiary/aromatic N) is 1. The van der Waals surface area contributed by atoms with Crippen LogP contribution in [0.3, 0.4) is 0 Å². The summed E-state index contributed by atoms with van der Waals surface area (Å²) in [5.74, 6) is 2.30. The van der Waals surface area contributed by atoms with Gasteiger partial charge in [0.2, 0.25) is 0 Å². The third kappa shape index (κ3) is 4.43. The largest absolute Gasteiger partial charge is 0.489 e. The topological polar surface area (TPSA) is 64.4 Å². The Bertz CT molecular complexity index is 1010. The maximum atomic E-state index is 12.7. The molecule has 29 heavy (non-hydrogen) atoms. The first-order valence-electron chi connectivity index (χ1n) is 9.39. The number of ether oxygens (including phenoxy) is 1. The van der Waals surface area contributed by atoms with E-state index in [9.17, 15) is 4.79 Å². The number of amides is 1. The Morgan fingerprint density at radius 2 is 2.07 bits per heavy atom. The second kappa shape index (κ2) is 8.51. The molecule has 0 fully saturated rings. The van der Waals surface area contributed by atoms with Crippen LogP contribution in [0.25, 0.3) is 0 Å². The maximum absolute atomic E-state index is 12.7. The average Bonchev–Trinajstić information content (AvgIpc) is 3.04. The van der Waals surface area contributed by atoms with Crippen molar-refractivity contribution in [1.29, 1.82) is 0 Å². The number of carbonyl (C=O) groups is 1. The number of fused-ring (bicyclic) bond motifs is 1. The van der Waals surface area contributed by atoms with Gasteiger partial charge in [0, 0.05) is 21.2 Å². The lowest BCUT2D eigenvalue weighted by Crippen LogP contribution is -2.30. The summed E-state index contributed by atoms with van der Waals surface area (Å²) in [5, 5.41) is 7.75. The van der Waals surface area contributed by atoms with Crippen molar-refractivity contribution in [3.05, 3.63) is 75.6 Å². The van der Waals surface area contributed by atoms with Gasteiger partial charge >= 0.3 is 0 Å². The number of thioether (sulfide) groups is 1. The highest BCUT2D eigenvalue weighted by molar-refractivity contribution is 7.99. The minimum Gasteiger partial charge on any atom is -0.489 e. The highest BCUT2D eigenvalue weighted by Crippen LogP contribution is 2.37. The standard InChI is InChI=1S/C22H21ClN2O3S/c1-13-19(14(2)28-25-13)12-27-17-6-3-15(4-7-17)22(26)24-20-9-10-29-21-8-5-16(23)11-18(20)21/h3-8,11,20H,9-10,12H2,1-2H3,(H,24,26). The summed E-state index contributed by atoms with van der Waals surface area (Å²) >= 11 is 7.95. The highest BCUT2D eigenvalue weighted by atomic mass is 35.5. The van der Waals surface area contributed by atoms with Gasteiger partial charge in [-0.1, -0.05) is 16.8 Å². The monoisotopic (exact) mass is 428 g/mol. The summed E-state index contributed by atoms with van der Waals surface area (Å²) in [4.78, 5) is 13.9. The summed E-state index contributed by atoms with van der Waals surface area (Å²) in [6.45, 7) is 4.13. The first-order valence-corrected chi connectivity index (χ1v) is 10.8. The van der Waals surface area contributed by atoms with E-state index in [1.54, 1.807) is 36.0 Å². The van der Waals surface area contributed by atoms with E-state index >= 15 is 0 Å². The van der Waals surface area contributed by atoms with Gasteiger partial charge in [0.15, 0.2) is 0 Å². The second-order valence-electron chi connectivity index (χ2n) is 6.96. The molecule has 3 aromatic rings. The molecule has 1 aliphatic rings. The van der Waals surface area contributed by atoms with Crippen LogP contribution >= 0.6 is 23.4 Å². The van der Waals surface area contributed by atoms with Crippen LogP contribution in [0.15, 0.2) is 51.9 Å². The number of carbonyl (C=O) groups excluding carboxylic acids is 1. The van der Waals surface area contributed by atoms with Crippen LogP contribution < -0.4 is 10.1 Å². The van der Waals surface area contributed by atoms with Crippen LogP contribution in [0.2, 0.25) is 5.02 Å². The van der Waals surface area contributed by atoms with E-state index in [1.165, 1.54) is 4.90 Å². The summed E-state index contributed by atoms with van der Waals surface area (Å²) < 4.78 is 11.0. The van der Waals surface area contributed by atoms with Gasteiger partial charge in [-0.3, -0.25) is 4.79 Å². The SMILES string of the molecule is Cc1noc(C)c1COc1ccc(C(=O)NC2CCSc3ccc(Cl)cc32)cc1. The van der Waals surface area contributed by atoms with Crippen LogP contribution in [0.1, 0.15) is 45.4 Å². The molecule has 4 rings (SSSR count). The number of hydrogen-bond acceptors (Lipinski definition) is 5. The van der Waals surface area contributed by atoms with Crippen LogP contribution in [0, 0.1) is 13.8 Å². The first kappa shape index (κ1) is 19.9. The lowest BCUT2D eigenvalue weighted by Gasteiger charge is -2.26. The molecule has 0 spiro atoms. The summed E-state index contributed by atoms with van der Waals surface area (Å²) in [6.07, 6.45) is 0.877. The minimum absolute atomic E-state index is 0.0343. The molecule has 150 valence electrons. The first-order chi connectivity index (χ1) is 14.0. The van der Waals surface area contributed by atoms with Crippen molar-refractivity contribution in [2.45, 2.75) is 37.8 Å². The fourth-order valence-electron chi connectivity index (χ4n) is 3.32. The zero-order chi connectivity index (χ0) is 20.4. The molecule has 1 amide bonds. The van der Waals surface area contributed by atoms with Gasteiger partial charge in [-0.25, -0.2) is 0 Å².